The van der Waals surface area contributed by atoms with E-state index in [1.54, 1.807) is 6.08 Å². The zero-order valence-electron chi connectivity index (χ0n) is 17.6. The molecule has 6 nitrogen and oxygen atoms in total. The van der Waals surface area contributed by atoms with Gasteiger partial charge in [0.15, 0.2) is 11.6 Å². The van der Waals surface area contributed by atoms with Crippen molar-refractivity contribution in [1.82, 2.24) is 4.90 Å². The van der Waals surface area contributed by atoms with Gasteiger partial charge in [0, 0.05) is 47.8 Å². The molecule has 0 atom stereocenters. The molecule has 162 valence electrons. The normalized spacial score (nSPS) is 19.3. The Hall–Kier alpha value is -3.15. The Labute approximate surface area is 181 Å². The second-order valence-corrected chi connectivity index (χ2v) is 8.17. The van der Waals surface area contributed by atoms with Crippen LogP contribution < -0.4 is 4.74 Å². The number of aliphatic carboxylic acids is 1. The Kier molecular flexibility index (Phi) is 6.07. The molecular weight excluding hydrogens is 394 g/mol. The van der Waals surface area contributed by atoms with Crippen molar-refractivity contribution in [3.05, 3.63) is 65.0 Å². The number of ether oxygens (including phenoxy) is 1. The van der Waals surface area contributed by atoms with Crippen molar-refractivity contribution in [2.45, 2.75) is 50.9 Å². The first-order chi connectivity index (χ1) is 15.0. The van der Waals surface area contributed by atoms with Gasteiger partial charge in [-0.2, -0.15) is 0 Å². The zero-order chi connectivity index (χ0) is 22.0. The van der Waals surface area contributed by atoms with Gasteiger partial charge in [-0.25, -0.2) is 0 Å². The maximum atomic E-state index is 13.1. The molecule has 0 spiro atoms. The highest BCUT2D eigenvalue weighted by molar-refractivity contribution is 6.06. The van der Waals surface area contributed by atoms with Crippen molar-refractivity contribution in [2.75, 3.05) is 13.2 Å². The average molecular weight is 421 g/mol. The van der Waals surface area contributed by atoms with Crippen LogP contribution in [0.15, 0.2) is 59.5 Å². The van der Waals surface area contributed by atoms with Gasteiger partial charge in [0.25, 0.3) is 0 Å². The number of benzene rings is 1. The van der Waals surface area contributed by atoms with Crippen LogP contribution in [0.3, 0.4) is 0 Å². The van der Waals surface area contributed by atoms with Crippen molar-refractivity contribution in [3.63, 3.8) is 0 Å². The monoisotopic (exact) mass is 421 g/mol. The van der Waals surface area contributed by atoms with E-state index in [0.717, 1.165) is 42.6 Å². The van der Waals surface area contributed by atoms with Crippen molar-refractivity contribution in [3.8, 4) is 5.75 Å². The second kappa shape index (κ2) is 8.92. The molecule has 1 heterocycles. The lowest BCUT2D eigenvalue weighted by atomic mass is 9.71. The van der Waals surface area contributed by atoms with Gasteiger partial charge in [-0.05, 0) is 43.4 Å². The summed E-state index contributed by atoms with van der Waals surface area (Å²) in [4.78, 5) is 39.5. The highest BCUT2D eigenvalue weighted by Gasteiger charge is 2.43. The van der Waals surface area contributed by atoms with Crippen molar-refractivity contribution < 1.29 is 24.2 Å². The summed E-state index contributed by atoms with van der Waals surface area (Å²) in [5, 5.41) is 9.25. The molecule has 2 aliphatic carbocycles. The van der Waals surface area contributed by atoms with Gasteiger partial charge >= 0.3 is 5.97 Å². The molecule has 4 rings (SSSR count). The lowest BCUT2D eigenvalue weighted by molar-refractivity contribution is -0.137. The molecule has 0 amide bonds. The first-order valence-electron chi connectivity index (χ1n) is 10.9. The van der Waals surface area contributed by atoms with E-state index < -0.39 is 5.97 Å². The van der Waals surface area contributed by atoms with E-state index in [2.05, 4.69) is 6.58 Å². The van der Waals surface area contributed by atoms with Crippen LogP contribution in [0.5, 0.6) is 5.75 Å². The number of hydrogen-bond donors (Lipinski definition) is 1. The Bertz CT molecular complexity index is 942. The summed E-state index contributed by atoms with van der Waals surface area (Å²) in [5.41, 5.74) is 4.05. The minimum atomic E-state index is -0.884. The third-order valence-corrected chi connectivity index (χ3v) is 6.22. The first kappa shape index (κ1) is 21.1. The van der Waals surface area contributed by atoms with Crippen LogP contribution in [0.2, 0.25) is 0 Å². The Morgan fingerprint density at radius 1 is 1.03 bits per heavy atom. The second-order valence-electron chi connectivity index (χ2n) is 8.17. The van der Waals surface area contributed by atoms with E-state index >= 15 is 0 Å². The van der Waals surface area contributed by atoms with Crippen molar-refractivity contribution in [2.24, 2.45) is 0 Å². The fourth-order valence-corrected chi connectivity index (χ4v) is 4.94. The minimum absolute atomic E-state index is 0.0318. The van der Waals surface area contributed by atoms with E-state index in [-0.39, 0.29) is 30.4 Å². The standard InChI is InChI=1S/C25H27NO5/c1-2-15-31-17-11-9-16(10-12-17)23-24-18(5-3-7-20(24)27)26(14-13-22(29)30)19-6-4-8-21(28)25(19)23/h2,9-12,23H,1,3-8,13-15H2,(H,29,30). The predicted octanol–water partition coefficient (Wildman–Crippen LogP) is 4.14. The van der Waals surface area contributed by atoms with E-state index in [1.165, 1.54) is 0 Å². The number of rotatable bonds is 7. The van der Waals surface area contributed by atoms with Crippen LogP contribution in [0.4, 0.5) is 0 Å². The zero-order valence-corrected chi connectivity index (χ0v) is 17.6. The van der Waals surface area contributed by atoms with Crippen LogP contribution in [-0.4, -0.2) is 40.7 Å². The van der Waals surface area contributed by atoms with E-state index in [0.29, 0.717) is 36.3 Å². The van der Waals surface area contributed by atoms with E-state index in [1.807, 2.05) is 29.2 Å². The number of carbonyl (C=O) groups is 3. The molecule has 0 fully saturated rings. The third kappa shape index (κ3) is 4.07. The average Bonchev–Trinajstić information content (AvgIpc) is 2.76. The number of ketones is 2. The lowest BCUT2D eigenvalue weighted by Crippen LogP contribution is -2.39. The van der Waals surface area contributed by atoms with Crippen LogP contribution in [-0.2, 0) is 14.4 Å². The van der Waals surface area contributed by atoms with Gasteiger partial charge in [-0.3, -0.25) is 14.4 Å². The molecule has 1 aromatic carbocycles. The van der Waals surface area contributed by atoms with Crippen molar-refractivity contribution >= 4 is 17.5 Å². The summed E-state index contributed by atoms with van der Waals surface area (Å²) in [6, 6.07) is 7.57. The molecule has 0 unspecified atom stereocenters. The SMILES string of the molecule is C=CCOc1ccc(C2C3=C(CCCC3=O)N(CCC(=O)O)C3=C2C(=O)CCC3)cc1. The summed E-state index contributed by atoms with van der Waals surface area (Å²) < 4.78 is 5.58. The maximum Gasteiger partial charge on any atom is 0.305 e. The number of carbonyl (C=O) groups excluding carboxylic acids is 2. The van der Waals surface area contributed by atoms with Crippen LogP contribution in [0.1, 0.15) is 56.4 Å². The quantitative estimate of drug-likeness (QED) is 0.666. The number of allylic oxidation sites excluding steroid dienone is 4. The number of carboxylic acid groups (broad SMARTS) is 1. The molecular formula is C25H27NO5. The molecule has 31 heavy (non-hydrogen) atoms. The van der Waals surface area contributed by atoms with Crippen LogP contribution in [0.25, 0.3) is 0 Å². The molecule has 3 aliphatic rings. The molecule has 0 aromatic heterocycles. The molecule has 0 bridgehead atoms. The van der Waals surface area contributed by atoms with Crippen molar-refractivity contribution in [1.29, 1.82) is 0 Å². The predicted molar refractivity (Wildman–Crippen MR) is 116 cm³/mol. The highest BCUT2D eigenvalue weighted by atomic mass is 16.5. The highest BCUT2D eigenvalue weighted by Crippen LogP contribution is 2.49. The van der Waals surface area contributed by atoms with Crippen LogP contribution in [0, 0.1) is 0 Å². The summed E-state index contributed by atoms with van der Waals surface area (Å²) >= 11 is 0. The first-order valence-corrected chi connectivity index (χ1v) is 10.9. The fourth-order valence-electron chi connectivity index (χ4n) is 4.94. The fraction of sp³-hybridized carbons (Fsp3) is 0.400. The molecule has 1 aliphatic heterocycles. The smallest absolute Gasteiger partial charge is 0.305 e. The molecule has 0 saturated carbocycles. The third-order valence-electron chi connectivity index (χ3n) is 6.22. The number of nitrogens with zero attached hydrogens (tertiary/aromatic N) is 1. The largest absolute Gasteiger partial charge is 0.490 e. The van der Waals surface area contributed by atoms with Gasteiger partial charge in [-0.15, -0.1) is 0 Å². The molecule has 1 N–H and O–H groups in total. The lowest BCUT2D eigenvalue weighted by Gasteiger charge is -2.44. The van der Waals surface area contributed by atoms with Gasteiger partial charge < -0.3 is 14.7 Å². The Balaban J connectivity index is 1.82. The Morgan fingerprint density at radius 2 is 1.61 bits per heavy atom. The summed E-state index contributed by atoms with van der Waals surface area (Å²) in [6.07, 6.45) is 5.51. The van der Waals surface area contributed by atoms with Gasteiger partial charge in [0.2, 0.25) is 0 Å². The molecule has 1 aromatic rings. The topological polar surface area (TPSA) is 83.9 Å². The Morgan fingerprint density at radius 3 is 2.13 bits per heavy atom. The molecule has 0 saturated heterocycles. The van der Waals surface area contributed by atoms with Gasteiger partial charge in [0.1, 0.15) is 12.4 Å². The molecule has 6 heteroatoms. The summed E-state index contributed by atoms with van der Waals surface area (Å²) in [6.45, 7) is 4.35. The number of carboxylic acids is 1. The van der Waals surface area contributed by atoms with E-state index in [9.17, 15) is 19.5 Å². The molecule has 0 radical (unpaired) electrons. The van der Waals surface area contributed by atoms with Crippen LogP contribution >= 0.6 is 0 Å². The van der Waals surface area contributed by atoms with Gasteiger partial charge in [-0.1, -0.05) is 24.8 Å². The number of Topliss-reactive ketones (excluding diaryl/α,β-unsaturated/α-hetero) is 2. The van der Waals surface area contributed by atoms with Gasteiger partial charge in [0.05, 0.1) is 6.42 Å². The minimum Gasteiger partial charge on any atom is -0.490 e. The summed E-state index contributed by atoms with van der Waals surface area (Å²) in [5.74, 6) is -0.450. The van der Waals surface area contributed by atoms with E-state index in [4.69, 9.17) is 4.74 Å². The number of hydrogen-bond acceptors (Lipinski definition) is 5. The summed E-state index contributed by atoms with van der Waals surface area (Å²) in [7, 11) is 0. The maximum absolute atomic E-state index is 13.1.